The lowest BCUT2D eigenvalue weighted by atomic mass is 10.2. The molecule has 1 amide bonds. The zero-order valence-electron chi connectivity index (χ0n) is 10.1. The maximum atomic E-state index is 12.2. The highest BCUT2D eigenvalue weighted by molar-refractivity contribution is 7.99. The number of nitrogens with one attached hydrogen (secondary N) is 1. The van der Waals surface area contributed by atoms with Crippen molar-refractivity contribution in [1.29, 1.82) is 0 Å². The number of nitrogens with zero attached hydrogens (tertiary/aromatic N) is 2. The molecule has 0 aromatic carbocycles. The average Bonchev–Trinajstić information content (AvgIpc) is 2.91. The Morgan fingerprint density at radius 1 is 1.59 bits per heavy atom. The maximum absolute atomic E-state index is 12.2. The minimum atomic E-state index is 0.0140. The number of hydrogen-bond acceptors (Lipinski definition) is 4. The van der Waals surface area contributed by atoms with E-state index in [1.54, 1.807) is 12.3 Å². The van der Waals surface area contributed by atoms with E-state index < -0.39 is 0 Å². The molecule has 1 aromatic heterocycles. The van der Waals surface area contributed by atoms with Crippen LogP contribution in [0.5, 0.6) is 0 Å². The Labute approximate surface area is 106 Å². The fourth-order valence-corrected chi connectivity index (χ4v) is 3.11. The summed E-state index contributed by atoms with van der Waals surface area (Å²) in [6.45, 7) is 0. The van der Waals surface area contributed by atoms with Crippen molar-refractivity contribution in [3.63, 3.8) is 0 Å². The van der Waals surface area contributed by atoms with Crippen LogP contribution >= 0.6 is 11.8 Å². The van der Waals surface area contributed by atoms with Crippen molar-refractivity contribution >= 4 is 23.4 Å². The van der Waals surface area contributed by atoms with E-state index in [9.17, 15) is 4.79 Å². The van der Waals surface area contributed by atoms with Gasteiger partial charge in [-0.1, -0.05) is 0 Å². The van der Waals surface area contributed by atoms with Crippen molar-refractivity contribution in [2.45, 2.75) is 12.5 Å². The largest absolute Gasteiger partial charge is 0.387 e. The van der Waals surface area contributed by atoms with Crippen molar-refractivity contribution in [1.82, 2.24) is 9.88 Å². The molecule has 1 aliphatic rings. The quantitative estimate of drug-likeness (QED) is 0.888. The molecule has 2 heterocycles. The van der Waals surface area contributed by atoms with Gasteiger partial charge >= 0.3 is 0 Å². The second-order valence-electron chi connectivity index (χ2n) is 4.12. The van der Waals surface area contributed by atoms with E-state index in [0.29, 0.717) is 11.7 Å². The second-order valence-corrected chi connectivity index (χ2v) is 5.27. The summed E-state index contributed by atoms with van der Waals surface area (Å²) in [5, 5.41) is 2.99. The Hall–Kier alpha value is -1.23. The Morgan fingerprint density at radius 3 is 2.94 bits per heavy atom. The molecule has 0 bridgehead atoms. The predicted molar refractivity (Wildman–Crippen MR) is 71.6 cm³/mol. The van der Waals surface area contributed by atoms with Gasteiger partial charge in [0.2, 0.25) is 0 Å². The van der Waals surface area contributed by atoms with Crippen LogP contribution in [-0.2, 0) is 0 Å². The van der Waals surface area contributed by atoms with Crippen molar-refractivity contribution in [3.05, 3.63) is 24.0 Å². The first-order valence-corrected chi connectivity index (χ1v) is 6.86. The normalized spacial score (nSPS) is 19.1. The Bertz CT molecular complexity index is 387. The van der Waals surface area contributed by atoms with Crippen LogP contribution < -0.4 is 5.32 Å². The van der Waals surface area contributed by atoms with Crippen LogP contribution in [0.3, 0.4) is 0 Å². The summed E-state index contributed by atoms with van der Waals surface area (Å²) in [6.07, 6.45) is 2.77. The molecule has 1 unspecified atom stereocenters. The number of rotatable bonds is 3. The van der Waals surface area contributed by atoms with E-state index >= 15 is 0 Å². The number of thioether (sulfide) groups is 1. The Kier molecular flexibility index (Phi) is 3.89. The Balaban J connectivity index is 2.07. The van der Waals surface area contributed by atoms with E-state index in [1.807, 2.05) is 36.8 Å². The molecule has 5 heteroatoms. The van der Waals surface area contributed by atoms with Crippen molar-refractivity contribution < 1.29 is 4.79 Å². The van der Waals surface area contributed by atoms with Gasteiger partial charge in [-0.3, -0.25) is 4.79 Å². The van der Waals surface area contributed by atoms with Crippen LogP contribution in [0.1, 0.15) is 16.9 Å². The molecule has 0 radical (unpaired) electrons. The zero-order chi connectivity index (χ0) is 12.3. The third-order valence-electron chi connectivity index (χ3n) is 3.04. The summed E-state index contributed by atoms with van der Waals surface area (Å²) in [6, 6.07) is 4.00. The molecule has 0 spiro atoms. The van der Waals surface area contributed by atoms with Gasteiger partial charge in [-0.2, -0.15) is 11.8 Å². The highest BCUT2D eigenvalue weighted by Gasteiger charge is 2.25. The highest BCUT2D eigenvalue weighted by atomic mass is 32.2. The molecule has 0 aliphatic carbocycles. The fraction of sp³-hybridized carbons (Fsp3) is 0.500. The lowest BCUT2D eigenvalue weighted by Gasteiger charge is -2.23. The van der Waals surface area contributed by atoms with Gasteiger partial charge < -0.3 is 10.2 Å². The molecule has 92 valence electrons. The zero-order valence-corrected chi connectivity index (χ0v) is 11.0. The standard InChI is InChI=1S/C12H17N3OS/c1-13-9-3-4-11(14-7-9)12(16)15(2)10-5-6-17-8-10/h3-4,7,10,13H,5-6,8H2,1-2H3. The third-order valence-corrected chi connectivity index (χ3v) is 4.19. The molecule has 17 heavy (non-hydrogen) atoms. The highest BCUT2D eigenvalue weighted by Crippen LogP contribution is 2.22. The first-order valence-electron chi connectivity index (χ1n) is 5.71. The van der Waals surface area contributed by atoms with Gasteiger partial charge in [0.25, 0.3) is 5.91 Å². The third kappa shape index (κ3) is 2.72. The van der Waals surface area contributed by atoms with Gasteiger partial charge in [0.1, 0.15) is 5.69 Å². The summed E-state index contributed by atoms with van der Waals surface area (Å²) < 4.78 is 0. The number of pyridine rings is 1. The van der Waals surface area contributed by atoms with Gasteiger partial charge in [0.15, 0.2) is 0 Å². The molecule has 4 nitrogen and oxygen atoms in total. The van der Waals surface area contributed by atoms with Gasteiger partial charge in [0.05, 0.1) is 11.9 Å². The minimum Gasteiger partial charge on any atom is -0.387 e. The summed E-state index contributed by atoms with van der Waals surface area (Å²) >= 11 is 1.90. The van der Waals surface area contributed by atoms with Gasteiger partial charge in [-0.05, 0) is 24.3 Å². The van der Waals surface area contributed by atoms with Gasteiger partial charge in [0, 0.05) is 25.9 Å². The number of anilines is 1. The molecular formula is C12H17N3OS. The molecule has 1 saturated heterocycles. The van der Waals surface area contributed by atoms with Gasteiger partial charge in [-0.15, -0.1) is 0 Å². The van der Waals surface area contributed by atoms with E-state index in [0.717, 1.165) is 23.6 Å². The fourth-order valence-electron chi connectivity index (χ4n) is 1.84. The molecule has 1 N–H and O–H groups in total. The monoisotopic (exact) mass is 251 g/mol. The Morgan fingerprint density at radius 2 is 2.41 bits per heavy atom. The summed E-state index contributed by atoms with van der Waals surface area (Å²) in [7, 11) is 3.70. The average molecular weight is 251 g/mol. The number of hydrogen-bond donors (Lipinski definition) is 1. The van der Waals surface area contributed by atoms with Crippen LogP contribution in [0.2, 0.25) is 0 Å². The smallest absolute Gasteiger partial charge is 0.272 e. The SMILES string of the molecule is CNc1ccc(C(=O)N(C)C2CCSC2)nc1. The lowest BCUT2D eigenvalue weighted by Crippen LogP contribution is -2.37. The second kappa shape index (κ2) is 5.40. The molecule has 1 aromatic rings. The van der Waals surface area contributed by atoms with Crippen LogP contribution in [0.25, 0.3) is 0 Å². The van der Waals surface area contributed by atoms with Gasteiger partial charge in [-0.25, -0.2) is 4.98 Å². The summed E-state index contributed by atoms with van der Waals surface area (Å²) in [4.78, 5) is 18.2. The van der Waals surface area contributed by atoms with E-state index in [2.05, 4.69) is 10.3 Å². The number of carbonyl (C=O) groups excluding carboxylic acids is 1. The first-order chi connectivity index (χ1) is 8.22. The molecule has 1 aliphatic heterocycles. The molecule has 1 atom stereocenters. The first kappa shape index (κ1) is 12.2. The van der Waals surface area contributed by atoms with Crippen LogP contribution in [0, 0.1) is 0 Å². The number of amides is 1. The maximum Gasteiger partial charge on any atom is 0.272 e. The topological polar surface area (TPSA) is 45.2 Å². The van der Waals surface area contributed by atoms with Crippen LogP contribution in [-0.4, -0.2) is 47.4 Å². The summed E-state index contributed by atoms with van der Waals surface area (Å²) in [5.41, 5.74) is 1.43. The molecule has 1 fully saturated rings. The van der Waals surface area contributed by atoms with Crippen molar-refractivity contribution in [2.24, 2.45) is 0 Å². The van der Waals surface area contributed by atoms with E-state index in [1.165, 1.54) is 0 Å². The summed E-state index contributed by atoms with van der Waals surface area (Å²) in [5.74, 6) is 2.20. The van der Waals surface area contributed by atoms with Crippen molar-refractivity contribution in [2.75, 3.05) is 30.9 Å². The predicted octanol–water partition coefficient (Wildman–Crippen LogP) is 1.70. The minimum absolute atomic E-state index is 0.0140. The number of aromatic nitrogens is 1. The van der Waals surface area contributed by atoms with Crippen LogP contribution in [0.4, 0.5) is 5.69 Å². The molecule has 2 rings (SSSR count). The van der Waals surface area contributed by atoms with Crippen molar-refractivity contribution in [3.8, 4) is 0 Å². The van der Waals surface area contributed by atoms with E-state index in [-0.39, 0.29) is 5.91 Å². The van der Waals surface area contributed by atoms with Crippen LogP contribution in [0.15, 0.2) is 18.3 Å². The molecular weight excluding hydrogens is 234 g/mol. The van der Waals surface area contributed by atoms with E-state index in [4.69, 9.17) is 0 Å². The lowest BCUT2D eigenvalue weighted by molar-refractivity contribution is 0.0742. The molecule has 0 saturated carbocycles. The number of carbonyl (C=O) groups is 1.